The van der Waals surface area contributed by atoms with E-state index in [1.165, 1.54) is 38.5 Å². The zero-order chi connectivity index (χ0) is 11.1. The van der Waals surface area contributed by atoms with Gasteiger partial charge in [-0.1, -0.05) is 59.3 Å². The first-order valence-corrected chi connectivity index (χ1v) is 7.30. The van der Waals surface area contributed by atoms with Gasteiger partial charge in [0.25, 0.3) is 0 Å². The van der Waals surface area contributed by atoms with E-state index in [2.05, 4.69) is 20.8 Å². The minimum Gasteiger partial charge on any atom is -0.0654 e. The Hall–Kier alpha value is 0. The van der Waals surface area contributed by atoms with Gasteiger partial charge in [-0.25, -0.2) is 0 Å². The predicted octanol–water partition coefficient (Wildman–Crippen LogP) is 5.42. The summed E-state index contributed by atoms with van der Waals surface area (Å²) in [6.07, 6.45) is 13.3. The lowest BCUT2D eigenvalue weighted by molar-refractivity contribution is 0.169. The average molecular weight is 210 g/mol. The molecule has 0 aromatic carbocycles. The van der Waals surface area contributed by atoms with Gasteiger partial charge in [-0.15, -0.1) is 0 Å². The summed E-state index contributed by atoms with van der Waals surface area (Å²) in [5.74, 6) is 3.20. The Kier molecular flexibility index (Phi) is 6.36. The van der Waals surface area contributed by atoms with Gasteiger partial charge in [-0.05, 0) is 37.0 Å². The molecule has 0 saturated heterocycles. The molecule has 1 aliphatic rings. The molecule has 0 amide bonds. The van der Waals surface area contributed by atoms with Crippen LogP contribution in [0.5, 0.6) is 0 Å². The third-order valence-electron chi connectivity index (χ3n) is 4.09. The molecule has 0 nitrogen and oxygen atoms in total. The lowest BCUT2D eigenvalue weighted by Crippen LogP contribution is -2.22. The lowest BCUT2D eigenvalue weighted by Gasteiger charge is -2.35. The quantitative estimate of drug-likeness (QED) is 0.549. The second kappa shape index (κ2) is 7.30. The summed E-state index contributed by atoms with van der Waals surface area (Å²) in [5.41, 5.74) is 0. The monoisotopic (exact) mass is 210 g/mol. The summed E-state index contributed by atoms with van der Waals surface area (Å²) in [6, 6.07) is 0. The fraction of sp³-hybridized carbons (Fsp3) is 1.00. The highest BCUT2D eigenvalue weighted by atomic mass is 14.3. The van der Waals surface area contributed by atoms with Crippen LogP contribution in [0.25, 0.3) is 0 Å². The van der Waals surface area contributed by atoms with E-state index in [1.807, 2.05) is 0 Å². The average Bonchev–Trinajstić information content (AvgIpc) is 2.19. The van der Waals surface area contributed by atoms with E-state index in [1.54, 1.807) is 19.3 Å². The second-order valence-electron chi connectivity index (χ2n) is 5.67. The van der Waals surface area contributed by atoms with Crippen molar-refractivity contribution in [3.63, 3.8) is 0 Å². The molecule has 0 radical (unpaired) electrons. The van der Waals surface area contributed by atoms with Crippen LogP contribution in [0.2, 0.25) is 0 Å². The highest BCUT2D eigenvalue weighted by molar-refractivity contribution is 4.78. The zero-order valence-electron chi connectivity index (χ0n) is 11.1. The van der Waals surface area contributed by atoms with Crippen molar-refractivity contribution >= 4 is 0 Å². The van der Waals surface area contributed by atoms with E-state index < -0.39 is 0 Å². The Labute approximate surface area is 96.8 Å². The van der Waals surface area contributed by atoms with Crippen molar-refractivity contribution in [3.05, 3.63) is 0 Å². The van der Waals surface area contributed by atoms with Crippen LogP contribution in [0.4, 0.5) is 0 Å². The van der Waals surface area contributed by atoms with Crippen LogP contribution in [-0.4, -0.2) is 0 Å². The molecule has 0 spiro atoms. The van der Waals surface area contributed by atoms with Crippen molar-refractivity contribution in [2.45, 2.75) is 78.6 Å². The van der Waals surface area contributed by atoms with Gasteiger partial charge in [0, 0.05) is 0 Å². The van der Waals surface area contributed by atoms with Crippen LogP contribution in [-0.2, 0) is 0 Å². The van der Waals surface area contributed by atoms with Crippen LogP contribution >= 0.6 is 0 Å². The van der Waals surface area contributed by atoms with Crippen LogP contribution < -0.4 is 0 Å². The van der Waals surface area contributed by atoms with Gasteiger partial charge < -0.3 is 0 Å². The molecule has 0 bridgehead atoms. The smallest absolute Gasteiger partial charge is 0.0409 e. The fourth-order valence-electron chi connectivity index (χ4n) is 3.63. The molecule has 15 heavy (non-hydrogen) atoms. The van der Waals surface area contributed by atoms with Crippen molar-refractivity contribution in [1.82, 2.24) is 0 Å². The normalized spacial score (nSPS) is 31.8. The Balaban J connectivity index is 2.40. The number of hydrogen-bond donors (Lipinski definition) is 0. The summed E-state index contributed by atoms with van der Waals surface area (Å²) in [6.45, 7) is 7.04. The van der Waals surface area contributed by atoms with Crippen molar-refractivity contribution in [2.75, 3.05) is 0 Å². The molecular weight excluding hydrogens is 180 g/mol. The first-order chi connectivity index (χ1) is 7.30. The van der Waals surface area contributed by atoms with Crippen molar-refractivity contribution < 1.29 is 0 Å². The third kappa shape index (κ3) is 4.57. The predicted molar refractivity (Wildman–Crippen MR) is 69.0 cm³/mol. The van der Waals surface area contributed by atoms with Crippen molar-refractivity contribution in [2.24, 2.45) is 17.8 Å². The van der Waals surface area contributed by atoms with Crippen LogP contribution in [0.15, 0.2) is 0 Å². The van der Waals surface area contributed by atoms with Gasteiger partial charge in [0.1, 0.15) is 0 Å². The largest absolute Gasteiger partial charge is 0.0654 e. The molecule has 0 unspecified atom stereocenters. The molecular formula is C15H30. The van der Waals surface area contributed by atoms with Crippen LogP contribution in [0.3, 0.4) is 0 Å². The van der Waals surface area contributed by atoms with Gasteiger partial charge in [-0.2, -0.15) is 0 Å². The summed E-state index contributed by atoms with van der Waals surface area (Å²) >= 11 is 0. The Bertz CT molecular complexity index is 116. The topological polar surface area (TPSA) is 0 Å². The van der Waals surface area contributed by atoms with E-state index in [0.29, 0.717) is 0 Å². The molecule has 0 aromatic heterocycles. The highest BCUT2D eigenvalue weighted by Crippen LogP contribution is 2.39. The fourth-order valence-corrected chi connectivity index (χ4v) is 3.63. The Morgan fingerprint density at radius 1 is 0.600 bits per heavy atom. The SMILES string of the molecule is CCCC1CC(CCC)CC(CCC)C1. The summed E-state index contributed by atoms with van der Waals surface area (Å²) < 4.78 is 0. The van der Waals surface area contributed by atoms with Gasteiger partial charge in [0.2, 0.25) is 0 Å². The molecule has 0 aliphatic heterocycles. The van der Waals surface area contributed by atoms with Gasteiger partial charge >= 0.3 is 0 Å². The standard InChI is InChI=1S/C15H30/c1-4-7-13-10-14(8-5-2)12-15(11-13)9-6-3/h13-15H,4-12H2,1-3H3. The first kappa shape index (κ1) is 13.1. The van der Waals surface area contributed by atoms with E-state index in [-0.39, 0.29) is 0 Å². The zero-order valence-corrected chi connectivity index (χ0v) is 11.1. The van der Waals surface area contributed by atoms with Crippen LogP contribution in [0.1, 0.15) is 78.6 Å². The van der Waals surface area contributed by atoms with Crippen molar-refractivity contribution in [3.8, 4) is 0 Å². The molecule has 0 aromatic rings. The van der Waals surface area contributed by atoms with E-state index in [4.69, 9.17) is 0 Å². The highest BCUT2D eigenvalue weighted by Gasteiger charge is 2.27. The molecule has 90 valence electrons. The number of rotatable bonds is 6. The maximum atomic E-state index is 2.35. The summed E-state index contributed by atoms with van der Waals surface area (Å²) in [5, 5.41) is 0. The molecule has 1 rings (SSSR count). The first-order valence-electron chi connectivity index (χ1n) is 7.30. The van der Waals surface area contributed by atoms with Crippen LogP contribution in [0, 0.1) is 17.8 Å². The van der Waals surface area contributed by atoms with Gasteiger partial charge in [-0.3, -0.25) is 0 Å². The molecule has 1 fully saturated rings. The van der Waals surface area contributed by atoms with E-state index in [9.17, 15) is 0 Å². The molecule has 0 heterocycles. The molecule has 0 N–H and O–H groups in total. The van der Waals surface area contributed by atoms with Gasteiger partial charge in [0.05, 0.1) is 0 Å². The maximum Gasteiger partial charge on any atom is -0.0409 e. The second-order valence-corrected chi connectivity index (χ2v) is 5.67. The summed E-state index contributed by atoms with van der Waals surface area (Å²) in [7, 11) is 0. The van der Waals surface area contributed by atoms with Crippen molar-refractivity contribution in [1.29, 1.82) is 0 Å². The minimum atomic E-state index is 1.07. The Morgan fingerprint density at radius 3 is 1.07 bits per heavy atom. The maximum absolute atomic E-state index is 2.35. The van der Waals surface area contributed by atoms with E-state index >= 15 is 0 Å². The summed E-state index contributed by atoms with van der Waals surface area (Å²) in [4.78, 5) is 0. The lowest BCUT2D eigenvalue weighted by atomic mass is 9.71. The molecule has 0 atom stereocenters. The number of hydrogen-bond acceptors (Lipinski definition) is 0. The molecule has 1 aliphatic carbocycles. The van der Waals surface area contributed by atoms with Gasteiger partial charge in [0.15, 0.2) is 0 Å². The molecule has 1 saturated carbocycles. The van der Waals surface area contributed by atoms with E-state index in [0.717, 1.165) is 17.8 Å². The minimum absolute atomic E-state index is 1.07. The molecule has 0 heteroatoms. The Morgan fingerprint density at radius 2 is 0.867 bits per heavy atom. The third-order valence-corrected chi connectivity index (χ3v) is 4.09.